The van der Waals surface area contributed by atoms with Crippen molar-refractivity contribution >= 4 is 27.6 Å². The Hall–Kier alpha value is -1.22. The Kier molecular flexibility index (Phi) is 1.84. The summed E-state index contributed by atoms with van der Waals surface area (Å²) in [5, 5.41) is 8.19. The number of fused-ring (bicyclic) bond motifs is 1. The van der Waals surface area contributed by atoms with Crippen LogP contribution in [0.1, 0.15) is 12.0 Å². The minimum Gasteiger partial charge on any atom is -0.278 e. The molecule has 0 spiro atoms. The van der Waals surface area contributed by atoms with Gasteiger partial charge in [-0.2, -0.15) is 5.10 Å². The predicted octanol–water partition coefficient (Wildman–Crippen LogP) is 3.04. The third-order valence-corrected chi connectivity index (χ3v) is 3.58. The van der Waals surface area contributed by atoms with E-state index in [1.165, 1.54) is 28.0 Å². The van der Waals surface area contributed by atoms with Crippen LogP contribution in [-0.4, -0.2) is 16.0 Å². The monoisotopic (exact) mass is 202 g/mol. The summed E-state index contributed by atoms with van der Waals surface area (Å²) in [6.07, 6.45) is 5.36. The second kappa shape index (κ2) is 3.17. The first-order valence-electron chi connectivity index (χ1n) is 4.70. The summed E-state index contributed by atoms with van der Waals surface area (Å²) < 4.78 is 0. The smallest absolute Gasteiger partial charge is 0.0656 e. The number of aromatic nitrogens is 2. The van der Waals surface area contributed by atoms with Gasteiger partial charge in [0.2, 0.25) is 0 Å². The summed E-state index contributed by atoms with van der Waals surface area (Å²) >= 11 is 1.93. The van der Waals surface area contributed by atoms with Gasteiger partial charge in [-0.05, 0) is 18.1 Å². The molecule has 0 aliphatic carbocycles. The number of nitrogens with one attached hydrogen (secondary N) is 1. The number of thioether (sulfide) groups is 1. The molecular formula is C11H10N2S. The lowest BCUT2D eigenvalue weighted by Crippen LogP contribution is -1.77. The first kappa shape index (κ1) is 8.12. The zero-order valence-corrected chi connectivity index (χ0v) is 8.47. The van der Waals surface area contributed by atoms with Crippen molar-refractivity contribution < 1.29 is 0 Å². The first-order valence-corrected chi connectivity index (χ1v) is 5.68. The maximum absolute atomic E-state index is 4.02. The van der Waals surface area contributed by atoms with Crippen LogP contribution in [-0.2, 0) is 0 Å². The van der Waals surface area contributed by atoms with E-state index in [0.29, 0.717) is 0 Å². The summed E-state index contributed by atoms with van der Waals surface area (Å²) in [7, 11) is 0. The SMILES string of the molecule is C1=C(c2ccc3cn[nH]c3c2)SCC1. The molecule has 1 aromatic carbocycles. The van der Waals surface area contributed by atoms with Crippen LogP contribution in [0, 0.1) is 0 Å². The van der Waals surface area contributed by atoms with Crippen LogP contribution in [0.3, 0.4) is 0 Å². The second-order valence-corrected chi connectivity index (χ2v) is 4.51. The van der Waals surface area contributed by atoms with Crippen LogP contribution in [0.4, 0.5) is 0 Å². The van der Waals surface area contributed by atoms with Crippen LogP contribution >= 0.6 is 11.8 Å². The maximum atomic E-state index is 4.02. The van der Waals surface area contributed by atoms with Gasteiger partial charge in [-0.15, -0.1) is 11.8 Å². The van der Waals surface area contributed by atoms with Crippen molar-refractivity contribution in [3.8, 4) is 0 Å². The fourth-order valence-corrected chi connectivity index (χ4v) is 2.69. The molecule has 0 saturated heterocycles. The standard InChI is InChI=1S/C11H10N2S/c1-2-11(14-5-1)8-3-4-9-7-12-13-10(9)6-8/h2-4,6-7H,1,5H2,(H,12,13). The van der Waals surface area contributed by atoms with Gasteiger partial charge in [0.25, 0.3) is 0 Å². The summed E-state index contributed by atoms with van der Waals surface area (Å²) in [6.45, 7) is 0. The van der Waals surface area contributed by atoms with E-state index in [2.05, 4.69) is 34.5 Å². The molecule has 3 heteroatoms. The summed E-state index contributed by atoms with van der Waals surface area (Å²) in [4.78, 5) is 1.40. The highest BCUT2D eigenvalue weighted by Gasteiger charge is 2.08. The molecule has 1 N–H and O–H groups in total. The van der Waals surface area contributed by atoms with Crippen LogP contribution in [0.25, 0.3) is 15.8 Å². The minimum absolute atomic E-state index is 1.12. The normalized spacial score (nSPS) is 16.1. The van der Waals surface area contributed by atoms with Gasteiger partial charge in [-0.25, -0.2) is 0 Å². The van der Waals surface area contributed by atoms with Crippen molar-refractivity contribution in [3.05, 3.63) is 36.0 Å². The number of nitrogens with zero attached hydrogens (tertiary/aromatic N) is 1. The van der Waals surface area contributed by atoms with E-state index >= 15 is 0 Å². The lowest BCUT2D eigenvalue weighted by Gasteiger charge is -2.00. The van der Waals surface area contributed by atoms with E-state index in [4.69, 9.17) is 0 Å². The highest BCUT2D eigenvalue weighted by atomic mass is 32.2. The van der Waals surface area contributed by atoms with E-state index in [1.807, 2.05) is 18.0 Å². The molecule has 0 radical (unpaired) electrons. The van der Waals surface area contributed by atoms with Gasteiger partial charge in [0, 0.05) is 16.0 Å². The molecular weight excluding hydrogens is 192 g/mol. The van der Waals surface area contributed by atoms with Crippen LogP contribution < -0.4 is 0 Å². The molecule has 0 unspecified atom stereocenters. The van der Waals surface area contributed by atoms with Crippen molar-refractivity contribution in [3.63, 3.8) is 0 Å². The zero-order chi connectivity index (χ0) is 9.38. The highest BCUT2D eigenvalue weighted by Crippen LogP contribution is 2.34. The Morgan fingerprint density at radius 3 is 3.21 bits per heavy atom. The maximum Gasteiger partial charge on any atom is 0.0656 e. The molecule has 0 atom stereocenters. The number of hydrogen-bond donors (Lipinski definition) is 1. The van der Waals surface area contributed by atoms with Gasteiger partial charge in [0.15, 0.2) is 0 Å². The molecule has 2 heterocycles. The summed E-state index contributed by atoms with van der Waals surface area (Å²) in [5.41, 5.74) is 2.43. The average molecular weight is 202 g/mol. The summed E-state index contributed by atoms with van der Waals surface area (Å²) in [6, 6.07) is 6.46. The highest BCUT2D eigenvalue weighted by molar-refractivity contribution is 8.08. The lowest BCUT2D eigenvalue weighted by molar-refractivity contribution is 1.12. The molecule has 3 rings (SSSR count). The zero-order valence-electron chi connectivity index (χ0n) is 7.66. The van der Waals surface area contributed by atoms with E-state index < -0.39 is 0 Å². The number of hydrogen-bond acceptors (Lipinski definition) is 2. The van der Waals surface area contributed by atoms with Crippen molar-refractivity contribution in [2.24, 2.45) is 0 Å². The molecule has 14 heavy (non-hydrogen) atoms. The van der Waals surface area contributed by atoms with Gasteiger partial charge in [-0.3, -0.25) is 5.10 Å². The van der Waals surface area contributed by atoms with Gasteiger partial charge in [0.05, 0.1) is 11.7 Å². The Labute approximate surface area is 86.4 Å². The van der Waals surface area contributed by atoms with Crippen molar-refractivity contribution in [1.82, 2.24) is 10.2 Å². The van der Waals surface area contributed by atoms with Crippen LogP contribution in [0.15, 0.2) is 30.5 Å². The Morgan fingerprint density at radius 2 is 2.36 bits per heavy atom. The van der Waals surface area contributed by atoms with Crippen LogP contribution in [0.5, 0.6) is 0 Å². The van der Waals surface area contributed by atoms with Crippen molar-refractivity contribution in [1.29, 1.82) is 0 Å². The fraction of sp³-hybridized carbons (Fsp3) is 0.182. The molecule has 1 aliphatic rings. The van der Waals surface area contributed by atoms with Gasteiger partial charge < -0.3 is 0 Å². The van der Waals surface area contributed by atoms with E-state index in [-0.39, 0.29) is 0 Å². The molecule has 1 aliphatic heterocycles. The molecule has 0 fully saturated rings. The second-order valence-electron chi connectivity index (χ2n) is 3.38. The Bertz CT molecular complexity index is 499. The largest absolute Gasteiger partial charge is 0.278 e. The molecule has 0 saturated carbocycles. The number of benzene rings is 1. The number of H-pyrrole nitrogens is 1. The number of rotatable bonds is 1. The first-order chi connectivity index (χ1) is 6.93. The van der Waals surface area contributed by atoms with E-state index in [1.54, 1.807) is 0 Å². The van der Waals surface area contributed by atoms with Gasteiger partial charge >= 0.3 is 0 Å². The van der Waals surface area contributed by atoms with E-state index in [9.17, 15) is 0 Å². The predicted molar refractivity (Wildman–Crippen MR) is 61.1 cm³/mol. The lowest BCUT2D eigenvalue weighted by atomic mass is 10.1. The third-order valence-electron chi connectivity index (χ3n) is 2.43. The van der Waals surface area contributed by atoms with Crippen LogP contribution in [0.2, 0.25) is 0 Å². The summed E-state index contributed by atoms with van der Waals surface area (Å²) in [5.74, 6) is 1.22. The molecule has 0 amide bonds. The molecule has 2 aromatic rings. The number of aromatic amines is 1. The topological polar surface area (TPSA) is 28.7 Å². The fourth-order valence-electron chi connectivity index (χ4n) is 1.71. The Balaban J connectivity index is 2.13. The van der Waals surface area contributed by atoms with Crippen molar-refractivity contribution in [2.45, 2.75) is 6.42 Å². The van der Waals surface area contributed by atoms with Gasteiger partial charge in [0.1, 0.15) is 0 Å². The molecule has 1 aromatic heterocycles. The molecule has 2 nitrogen and oxygen atoms in total. The molecule has 70 valence electrons. The van der Waals surface area contributed by atoms with Gasteiger partial charge in [-0.1, -0.05) is 18.2 Å². The Morgan fingerprint density at radius 1 is 1.36 bits per heavy atom. The molecule has 0 bridgehead atoms. The third kappa shape index (κ3) is 1.24. The van der Waals surface area contributed by atoms with Crippen molar-refractivity contribution in [2.75, 3.05) is 5.75 Å². The average Bonchev–Trinajstić information content (AvgIpc) is 2.88. The van der Waals surface area contributed by atoms with E-state index in [0.717, 1.165) is 5.52 Å². The minimum atomic E-state index is 1.12. The number of allylic oxidation sites excluding steroid dienone is 1. The quantitative estimate of drug-likeness (QED) is 0.770.